The molecule has 0 spiro atoms. The molecule has 4 atom stereocenters. The van der Waals surface area contributed by atoms with Gasteiger partial charge in [-0.1, -0.05) is 114 Å². The van der Waals surface area contributed by atoms with Crippen molar-refractivity contribution in [3.05, 3.63) is 47.0 Å². The molecule has 0 aliphatic heterocycles. The fourth-order valence-corrected chi connectivity index (χ4v) is 4.62. The summed E-state index contributed by atoms with van der Waals surface area (Å²) in [7, 11) is 0. The van der Waals surface area contributed by atoms with E-state index >= 15 is 0 Å². The first-order valence-electron chi connectivity index (χ1n) is 13.9. The Labute approximate surface area is 212 Å². The van der Waals surface area contributed by atoms with E-state index in [2.05, 4.69) is 78.8 Å². The summed E-state index contributed by atoms with van der Waals surface area (Å²) in [5.41, 5.74) is 4.24. The molecule has 4 rings (SSSR count). The van der Waals surface area contributed by atoms with E-state index in [0.717, 1.165) is 30.6 Å². The van der Waals surface area contributed by atoms with Crippen molar-refractivity contribution in [1.29, 1.82) is 0 Å². The van der Waals surface area contributed by atoms with Gasteiger partial charge in [-0.25, -0.2) is 4.39 Å². The van der Waals surface area contributed by atoms with Crippen molar-refractivity contribution in [3.63, 3.8) is 0 Å². The van der Waals surface area contributed by atoms with Crippen LogP contribution in [0.3, 0.4) is 0 Å². The lowest BCUT2D eigenvalue weighted by Crippen LogP contribution is -2.22. The highest BCUT2D eigenvalue weighted by molar-refractivity contribution is 5.19. The number of alkyl halides is 1. The quantitative estimate of drug-likeness (QED) is 0.334. The third-order valence-electron chi connectivity index (χ3n) is 7.78. The molecule has 1 aromatic rings. The first kappa shape index (κ1) is 32.8. The highest BCUT2D eigenvalue weighted by atomic mass is 19.1. The van der Waals surface area contributed by atoms with E-state index in [1.54, 1.807) is 5.57 Å². The first-order valence-corrected chi connectivity index (χ1v) is 13.9. The lowest BCUT2D eigenvalue weighted by atomic mass is 9.83. The Hall–Kier alpha value is -1.15. The van der Waals surface area contributed by atoms with Crippen LogP contribution < -0.4 is 0 Å². The average molecular weight is 477 g/mol. The fourth-order valence-electron chi connectivity index (χ4n) is 4.62. The second-order valence-corrected chi connectivity index (χ2v) is 11.9. The molecule has 0 amide bonds. The van der Waals surface area contributed by atoms with Crippen LogP contribution in [0.1, 0.15) is 117 Å². The van der Waals surface area contributed by atoms with Crippen LogP contribution in [0.5, 0.6) is 0 Å². The van der Waals surface area contributed by atoms with Gasteiger partial charge in [-0.15, -0.1) is 0 Å². The lowest BCUT2D eigenvalue weighted by Gasteiger charge is -2.26. The fraction of sp³-hybridized carbons (Fsp3) is 0.750. The third kappa shape index (κ3) is 15.7. The maximum atomic E-state index is 12.8. The Morgan fingerprint density at radius 2 is 1.06 bits per heavy atom. The Morgan fingerprint density at radius 1 is 0.618 bits per heavy atom. The van der Waals surface area contributed by atoms with Gasteiger partial charge in [0.1, 0.15) is 6.17 Å². The Kier molecular flexibility index (Phi) is 17.6. The van der Waals surface area contributed by atoms with Crippen molar-refractivity contribution >= 4 is 0 Å². The third-order valence-corrected chi connectivity index (χ3v) is 7.78. The van der Waals surface area contributed by atoms with Crippen LogP contribution in [0, 0.1) is 43.4 Å². The number of benzene rings is 1. The zero-order valence-electron chi connectivity index (χ0n) is 23.8. The number of hydrogen-bond acceptors (Lipinski definition) is 0. The highest BCUT2D eigenvalue weighted by Gasteiger charge is 2.24. The second kappa shape index (κ2) is 18.2. The van der Waals surface area contributed by atoms with Crippen molar-refractivity contribution in [2.45, 2.75) is 126 Å². The molecular formula is C32H57FO. The first-order chi connectivity index (χ1) is 15.6. The summed E-state index contributed by atoms with van der Waals surface area (Å²) in [5.74, 6) is 3.92. The minimum atomic E-state index is -0.520. The molecule has 0 radical (unpaired) electrons. The molecule has 0 aromatic heterocycles. The summed E-state index contributed by atoms with van der Waals surface area (Å²) in [6, 6.07) is 8.48. The summed E-state index contributed by atoms with van der Waals surface area (Å²) in [6.45, 7) is 17.6. The molecule has 3 aliphatic carbocycles. The van der Waals surface area contributed by atoms with Gasteiger partial charge >= 0.3 is 0 Å². The Balaban J connectivity index is 0.000000423. The minimum Gasteiger partial charge on any atom is -0.412 e. The van der Waals surface area contributed by atoms with Gasteiger partial charge in [-0.2, -0.15) is 0 Å². The maximum Gasteiger partial charge on any atom is 0.103 e. The van der Waals surface area contributed by atoms with Gasteiger partial charge in [-0.3, -0.25) is 0 Å². The van der Waals surface area contributed by atoms with Gasteiger partial charge in [0.05, 0.1) is 0 Å². The van der Waals surface area contributed by atoms with Crippen molar-refractivity contribution in [2.75, 3.05) is 0 Å². The number of rotatable bonds is 0. The van der Waals surface area contributed by atoms with Gasteiger partial charge in [0.25, 0.3) is 0 Å². The van der Waals surface area contributed by atoms with Crippen molar-refractivity contribution < 1.29 is 9.87 Å². The predicted octanol–water partition coefficient (Wildman–Crippen LogP) is 9.84. The van der Waals surface area contributed by atoms with Gasteiger partial charge < -0.3 is 5.48 Å². The maximum absolute atomic E-state index is 12.8. The Bertz CT molecular complexity index is 610. The SMILES string of the molecule is CC1=CCC(C)CC1.CC1CCC(C)C(F)C1.CC1CCC(C)CC1.Cc1ccc(C)cc1.O. The van der Waals surface area contributed by atoms with Crippen LogP contribution in [0.2, 0.25) is 0 Å². The topological polar surface area (TPSA) is 31.5 Å². The molecule has 198 valence electrons. The molecule has 1 aromatic carbocycles. The monoisotopic (exact) mass is 476 g/mol. The number of aryl methyl sites for hydroxylation is 2. The average Bonchev–Trinajstić information content (AvgIpc) is 2.79. The number of hydrogen-bond donors (Lipinski definition) is 0. The van der Waals surface area contributed by atoms with Gasteiger partial charge in [-0.05, 0) is 82.5 Å². The Morgan fingerprint density at radius 3 is 1.38 bits per heavy atom. The van der Waals surface area contributed by atoms with Crippen LogP contribution in [0.15, 0.2) is 35.9 Å². The van der Waals surface area contributed by atoms with Crippen LogP contribution in [-0.4, -0.2) is 11.6 Å². The van der Waals surface area contributed by atoms with Crippen molar-refractivity contribution in [1.82, 2.24) is 0 Å². The standard InChI is InChI=1S/C8H15F.C8H16.C8H14.C8H10.H2O/c1-6-3-4-7(2)8(9)5-6;3*1-7-3-5-8(2)6-4-7;/h6-8H,3-5H2,1-2H3;7-8H,3-6H2,1-2H3;3,8H,4-6H2,1-2H3;3-6H,1-2H3;1H2. The molecule has 1 nitrogen and oxygen atoms in total. The molecule has 2 saturated carbocycles. The van der Waals surface area contributed by atoms with Gasteiger partial charge in [0.15, 0.2) is 0 Å². The molecule has 0 saturated heterocycles. The van der Waals surface area contributed by atoms with Crippen LogP contribution in [0.25, 0.3) is 0 Å². The summed E-state index contributed by atoms with van der Waals surface area (Å²) in [4.78, 5) is 0. The van der Waals surface area contributed by atoms with E-state index in [-0.39, 0.29) is 5.48 Å². The van der Waals surface area contributed by atoms with Gasteiger partial charge in [0, 0.05) is 0 Å². The molecule has 3 aliphatic rings. The van der Waals surface area contributed by atoms with E-state index in [4.69, 9.17) is 0 Å². The van der Waals surface area contributed by atoms with E-state index < -0.39 is 6.17 Å². The normalized spacial score (nSPS) is 30.4. The van der Waals surface area contributed by atoms with Crippen LogP contribution >= 0.6 is 0 Å². The highest BCUT2D eigenvalue weighted by Crippen LogP contribution is 2.30. The molecule has 2 N–H and O–H groups in total. The van der Waals surface area contributed by atoms with Gasteiger partial charge in [0.2, 0.25) is 0 Å². The summed E-state index contributed by atoms with van der Waals surface area (Å²) in [6.07, 6.45) is 14.9. The predicted molar refractivity (Wildman–Crippen MR) is 150 cm³/mol. The van der Waals surface area contributed by atoms with Crippen molar-refractivity contribution in [3.8, 4) is 0 Å². The minimum absolute atomic E-state index is 0. The number of allylic oxidation sites excluding steroid dienone is 2. The molecule has 4 unspecified atom stereocenters. The summed E-state index contributed by atoms with van der Waals surface area (Å²) < 4.78 is 12.8. The largest absolute Gasteiger partial charge is 0.412 e. The van der Waals surface area contributed by atoms with Crippen molar-refractivity contribution in [2.24, 2.45) is 29.6 Å². The molecule has 0 heterocycles. The van der Waals surface area contributed by atoms with E-state index in [9.17, 15) is 4.39 Å². The lowest BCUT2D eigenvalue weighted by molar-refractivity contribution is 0.145. The molecule has 2 fully saturated rings. The molecule has 34 heavy (non-hydrogen) atoms. The summed E-state index contributed by atoms with van der Waals surface area (Å²) in [5, 5.41) is 0. The van der Waals surface area contributed by atoms with E-state index in [0.29, 0.717) is 11.8 Å². The molecule has 0 bridgehead atoms. The smallest absolute Gasteiger partial charge is 0.103 e. The van der Waals surface area contributed by atoms with E-state index in [1.165, 1.54) is 62.5 Å². The zero-order valence-corrected chi connectivity index (χ0v) is 23.8. The van der Waals surface area contributed by atoms with Crippen LogP contribution in [0.4, 0.5) is 4.39 Å². The molecule has 2 heteroatoms. The van der Waals surface area contributed by atoms with E-state index in [1.807, 2.05) is 6.92 Å². The molecular weight excluding hydrogens is 419 g/mol. The summed E-state index contributed by atoms with van der Waals surface area (Å²) >= 11 is 0. The van der Waals surface area contributed by atoms with Crippen LogP contribution in [-0.2, 0) is 0 Å². The zero-order chi connectivity index (χ0) is 24.8. The number of halogens is 1. The second-order valence-electron chi connectivity index (χ2n) is 11.9.